The van der Waals surface area contributed by atoms with E-state index in [2.05, 4.69) is 5.32 Å². The van der Waals surface area contributed by atoms with Crippen LogP contribution in [0.25, 0.3) is 0 Å². The molecule has 110 valence electrons. The number of carbonyl (C=O) groups excluding carboxylic acids is 2. The van der Waals surface area contributed by atoms with E-state index >= 15 is 0 Å². The third kappa shape index (κ3) is 7.24. The van der Waals surface area contributed by atoms with Crippen molar-refractivity contribution in [3.63, 3.8) is 0 Å². The van der Waals surface area contributed by atoms with Crippen LogP contribution in [-0.4, -0.2) is 65.4 Å². The number of hydrogen-bond donors (Lipinski definition) is 3. The van der Waals surface area contributed by atoms with Crippen LogP contribution in [0.4, 0.5) is 4.79 Å². The van der Waals surface area contributed by atoms with E-state index in [1.807, 2.05) is 6.92 Å². The Balaban J connectivity index is 4.32. The van der Waals surface area contributed by atoms with Crippen molar-refractivity contribution in [2.24, 2.45) is 0 Å². The summed E-state index contributed by atoms with van der Waals surface area (Å²) >= 11 is 0. The maximum atomic E-state index is 11.7. The molecule has 0 aromatic heterocycles. The molecule has 0 bridgehead atoms. The van der Waals surface area contributed by atoms with Gasteiger partial charge in [0.25, 0.3) is 0 Å². The highest BCUT2D eigenvalue weighted by molar-refractivity contribution is 5.81. The molecule has 0 fully saturated rings. The number of aliphatic hydroxyl groups is 1. The Morgan fingerprint density at radius 3 is 2.42 bits per heavy atom. The Morgan fingerprint density at radius 1 is 1.32 bits per heavy atom. The lowest BCUT2D eigenvalue weighted by Gasteiger charge is -2.21. The normalized spacial score (nSPS) is 11.5. The van der Waals surface area contributed by atoms with Crippen LogP contribution in [0, 0.1) is 0 Å². The molecular weight excluding hydrogens is 256 g/mol. The van der Waals surface area contributed by atoms with Gasteiger partial charge in [-0.3, -0.25) is 4.79 Å². The number of aliphatic hydroxyl groups excluding tert-OH is 1. The van der Waals surface area contributed by atoms with E-state index in [0.717, 1.165) is 0 Å². The van der Waals surface area contributed by atoms with Crippen LogP contribution >= 0.6 is 0 Å². The monoisotopic (exact) mass is 276 g/mol. The molecule has 0 saturated carbocycles. The van der Waals surface area contributed by atoms with Gasteiger partial charge in [0, 0.05) is 6.54 Å². The Labute approximate surface area is 111 Å². The molecule has 8 nitrogen and oxygen atoms in total. The van der Waals surface area contributed by atoms with Crippen LogP contribution in [0.5, 0.6) is 0 Å². The van der Waals surface area contributed by atoms with Crippen LogP contribution < -0.4 is 5.32 Å². The van der Waals surface area contributed by atoms with Crippen molar-refractivity contribution < 1.29 is 29.3 Å². The average molecular weight is 276 g/mol. The number of nitrogens with zero attached hydrogens (tertiary/aromatic N) is 1. The predicted octanol–water partition coefficient (Wildman–Crippen LogP) is -0.583. The molecule has 0 aliphatic heterocycles. The van der Waals surface area contributed by atoms with Crippen molar-refractivity contribution >= 4 is 18.0 Å². The zero-order valence-corrected chi connectivity index (χ0v) is 11.1. The number of amides is 2. The molecule has 0 radical (unpaired) electrons. The first-order valence-electron chi connectivity index (χ1n) is 6.01. The fraction of sp³-hybridized carbons (Fsp3) is 0.727. The largest absolute Gasteiger partial charge is 0.479 e. The van der Waals surface area contributed by atoms with E-state index in [0.29, 0.717) is 13.0 Å². The minimum absolute atomic E-state index is 0.212. The molecule has 0 aliphatic carbocycles. The minimum atomic E-state index is -1.67. The Hall–Kier alpha value is -1.83. The molecule has 2 amide bonds. The van der Waals surface area contributed by atoms with Crippen LogP contribution in [0.3, 0.4) is 0 Å². The van der Waals surface area contributed by atoms with Crippen molar-refractivity contribution in [1.29, 1.82) is 0 Å². The SMILES string of the molecule is CCCN(CC(=O)OCC)C(=O)NC[C@H](O)C(=O)O. The molecular formula is C11H20N2O6. The third-order valence-corrected chi connectivity index (χ3v) is 2.14. The zero-order valence-electron chi connectivity index (χ0n) is 11.1. The summed E-state index contributed by atoms with van der Waals surface area (Å²) in [5.41, 5.74) is 0. The Morgan fingerprint density at radius 2 is 1.95 bits per heavy atom. The highest BCUT2D eigenvalue weighted by Crippen LogP contribution is 1.95. The quantitative estimate of drug-likeness (QED) is 0.511. The number of esters is 1. The summed E-state index contributed by atoms with van der Waals surface area (Å²) in [5, 5.41) is 19.7. The molecule has 0 unspecified atom stereocenters. The molecule has 0 aliphatic rings. The van der Waals surface area contributed by atoms with Gasteiger partial charge in [0.15, 0.2) is 6.10 Å². The molecule has 0 aromatic carbocycles. The smallest absolute Gasteiger partial charge is 0.334 e. The van der Waals surface area contributed by atoms with Crippen molar-refractivity contribution in [3.05, 3.63) is 0 Å². The summed E-state index contributed by atoms with van der Waals surface area (Å²) in [6.07, 6.45) is -1.04. The van der Waals surface area contributed by atoms with Gasteiger partial charge in [-0.25, -0.2) is 9.59 Å². The number of carbonyl (C=O) groups is 3. The van der Waals surface area contributed by atoms with Gasteiger partial charge in [0.05, 0.1) is 13.2 Å². The number of urea groups is 1. The molecule has 0 spiro atoms. The zero-order chi connectivity index (χ0) is 14.8. The van der Waals surface area contributed by atoms with Crippen molar-refractivity contribution in [1.82, 2.24) is 10.2 Å². The number of aliphatic carboxylic acids is 1. The van der Waals surface area contributed by atoms with E-state index in [9.17, 15) is 14.4 Å². The molecule has 3 N–H and O–H groups in total. The second-order valence-electron chi connectivity index (χ2n) is 3.77. The van der Waals surface area contributed by atoms with Gasteiger partial charge in [-0.15, -0.1) is 0 Å². The van der Waals surface area contributed by atoms with Crippen LogP contribution in [0.15, 0.2) is 0 Å². The highest BCUT2D eigenvalue weighted by Gasteiger charge is 2.19. The fourth-order valence-corrected chi connectivity index (χ4v) is 1.27. The second-order valence-corrected chi connectivity index (χ2v) is 3.77. The molecule has 0 rings (SSSR count). The van der Waals surface area contributed by atoms with Gasteiger partial charge < -0.3 is 25.2 Å². The van der Waals surface area contributed by atoms with Gasteiger partial charge >= 0.3 is 18.0 Å². The topological polar surface area (TPSA) is 116 Å². The summed E-state index contributed by atoms with van der Waals surface area (Å²) in [5.74, 6) is -1.96. The number of hydrogen-bond acceptors (Lipinski definition) is 5. The highest BCUT2D eigenvalue weighted by atomic mass is 16.5. The molecule has 0 heterocycles. The summed E-state index contributed by atoms with van der Waals surface area (Å²) in [6, 6.07) is -0.616. The number of carboxylic acids is 1. The van der Waals surface area contributed by atoms with Crippen LogP contribution in [0.1, 0.15) is 20.3 Å². The Bertz CT molecular complexity index is 320. The first-order valence-corrected chi connectivity index (χ1v) is 6.01. The lowest BCUT2D eigenvalue weighted by Crippen LogP contribution is -2.46. The number of nitrogens with one attached hydrogen (secondary N) is 1. The van der Waals surface area contributed by atoms with Gasteiger partial charge in [-0.05, 0) is 13.3 Å². The van der Waals surface area contributed by atoms with Crippen LogP contribution in [-0.2, 0) is 14.3 Å². The number of carboxylic acid groups (broad SMARTS) is 1. The maximum absolute atomic E-state index is 11.7. The minimum Gasteiger partial charge on any atom is -0.479 e. The van der Waals surface area contributed by atoms with Gasteiger partial charge in [0.1, 0.15) is 6.54 Å². The van der Waals surface area contributed by atoms with Crippen molar-refractivity contribution in [3.8, 4) is 0 Å². The molecule has 0 saturated heterocycles. The first-order chi connectivity index (χ1) is 8.92. The van der Waals surface area contributed by atoms with Crippen molar-refractivity contribution in [2.45, 2.75) is 26.4 Å². The van der Waals surface area contributed by atoms with Crippen LogP contribution in [0.2, 0.25) is 0 Å². The number of ether oxygens (including phenoxy) is 1. The fourth-order valence-electron chi connectivity index (χ4n) is 1.27. The van der Waals surface area contributed by atoms with Crippen molar-refractivity contribution in [2.75, 3.05) is 26.2 Å². The molecule has 8 heteroatoms. The second kappa shape index (κ2) is 9.15. The first kappa shape index (κ1) is 17.2. The lowest BCUT2D eigenvalue weighted by molar-refractivity contribution is -0.146. The third-order valence-electron chi connectivity index (χ3n) is 2.14. The summed E-state index contributed by atoms with van der Waals surface area (Å²) in [4.78, 5) is 34.6. The van der Waals surface area contributed by atoms with E-state index in [4.69, 9.17) is 14.9 Å². The molecule has 19 heavy (non-hydrogen) atoms. The summed E-state index contributed by atoms with van der Waals surface area (Å²) in [6.45, 7) is 3.41. The lowest BCUT2D eigenvalue weighted by atomic mass is 10.3. The van der Waals surface area contributed by atoms with Gasteiger partial charge in [-0.1, -0.05) is 6.92 Å². The summed E-state index contributed by atoms with van der Waals surface area (Å²) in [7, 11) is 0. The Kier molecular flexibility index (Phi) is 8.27. The van der Waals surface area contributed by atoms with Gasteiger partial charge in [-0.2, -0.15) is 0 Å². The summed E-state index contributed by atoms with van der Waals surface area (Å²) < 4.78 is 4.73. The van der Waals surface area contributed by atoms with Gasteiger partial charge in [0.2, 0.25) is 0 Å². The maximum Gasteiger partial charge on any atom is 0.334 e. The van der Waals surface area contributed by atoms with E-state index < -0.39 is 30.6 Å². The number of rotatable bonds is 8. The predicted molar refractivity (Wildman–Crippen MR) is 65.5 cm³/mol. The van der Waals surface area contributed by atoms with E-state index in [1.165, 1.54) is 4.90 Å². The average Bonchev–Trinajstić information content (AvgIpc) is 2.35. The molecule has 0 aromatic rings. The van der Waals surface area contributed by atoms with E-state index in [1.54, 1.807) is 6.92 Å². The standard InChI is InChI=1S/C11H20N2O6/c1-3-5-13(7-9(15)19-4-2)11(18)12-6-8(14)10(16)17/h8,14H,3-7H2,1-2H3,(H,12,18)(H,16,17)/t8-/m0/s1. The molecule has 1 atom stereocenters. The van der Waals surface area contributed by atoms with E-state index in [-0.39, 0.29) is 13.2 Å².